The quantitative estimate of drug-likeness (QED) is 0.695. The van der Waals surface area contributed by atoms with Crippen LogP contribution in [0, 0.1) is 0 Å². The summed E-state index contributed by atoms with van der Waals surface area (Å²) in [7, 11) is 0. The summed E-state index contributed by atoms with van der Waals surface area (Å²) in [5.74, 6) is -0.828. The van der Waals surface area contributed by atoms with Crippen LogP contribution in [0.4, 0.5) is 13.2 Å². The molecule has 150 valence electrons. The second kappa shape index (κ2) is 8.57. The molecule has 1 aromatic carbocycles. The van der Waals surface area contributed by atoms with Crippen LogP contribution < -0.4 is 15.4 Å². The Morgan fingerprint density at radius 2 is 2.07 bits per heavy atom. The van der Waals surface area contributed by atoms with E-state index in [1.165, 1.54) is 17.8 Å². The molecular formula is C19H20F3N3O3. The third-order valence-electron chi connectivity index (χ3n) is 4.43. The molecule has 2 atom stereocenters. The summed E-state index contributed by atoms with van der Waals surface area (Å²) in [6.07, 6.45) is -3.48. The lowest BCUT2D eigenvalue weighted by molar-refractivity contribution is -0.154. The van der Waals surface area contributed by atoms with Crippen LogP contribution in [0.25, 0.3) is 0 Å². The number of alkyl halides is 3. The molecule has 0 saturated carbocycles. The minimum Gasteiger partial charge on any atom is -0.468 e. The van der Waals surface area contributed by atoms with E-state index < -0.39 is 24.8 Å². The molecule has 0 spiro atoms. The number of fused-ring (bicyclic) bond motifs is 1. The van der Waals surface area contributed by atoms with E-state index in [0.717, 1.165) is 11.6 Å². The fourth-order valence-electron chi connectivity index (χ4n) is 2.98. The van der Waals surface area contributed by atoms with Gasteiger partial charge < -0.3 is 20.5 Å². The maximum atomic E-state index is 12.2. The monoisotopic (exact) mass is 395 g/mol. The lowest BCUT2D eigenvalue weighted by Crippen LogP contribution is -2.49. The number of amides is 1. The van der Waals surface area contributed by atoms with Crippen LogP contribution in [-0.2, 0) is 13.0 Å². The first-order valence-corrected chi connectivity index (χ1v) is 8.74. The van der Waals surface area contributed by atoms with Crippen LogP contribution in [0.3, 0.4) is 0 Å². The maximum Gasteiger partial charge on any atom is 0.422 e. The van der Waals surface area contributed by atoms with Crippen molar-refractivity contribution in [2.75, 3.05) is 13.2 Å². The van der Waals surface area contributed by atoms with Crippen LogP contribution in [-0.4, -0.2) is 47.5 Å². The molecule has 0 aliphatic carbocycles. The van der Waals surface area contributed by atoms with E-state index in [2.05, 4.69) is 20.4 Å². The van der Waals surface area contributed by atoms with E-state index in [4.69, 9.17) is 0 Å². The van der Waals surface area contributed by atoms with E-state index >= 15 is 0 Å². The van der Waals surface area contributed by atoms with Crippen molar-refractivity contribution in [1.29, 1.82) is 0 Å². The molecule has 0 fully saturated rings. The molecule has 1 aliphatic heterocycles. The van der Waals surface area contributed by atoms with E-state index in [9.17, 15) is 23.1 Å². The number of halogens is 3. The van der Waals surface area contributed by atoms with Crippen molar-refractivity contribution >= 4 is 5.91 Å². The molecule has 1 amide bonds. The maximum absolute atomic E-state index is 12.2. The van der Waals surface area contributed by atoms with Gasteiger partial charge in [0.25, 0.3) is 5.91 Å². The molecule has 0 radical (unpaired) electrons. The molecule has 1 aromatic heterocycles. The number of carbonyl (C=O) groups is 1. The van der Waals surface area contributed by atoms with Crippen molar-refractivity contribution in [2.24, 2.45) is 0 Å². The number of nitrogens with one attached hydrogen (secondary N) is 2. The van der Waals surface area contributed by atoms with Gasteiger partial charge in [-0.05, 0) is 23.6 Å². The number of ether oxygens (including phenoxy) is 1. The largest absolute Gasteiger partial charge is 0.468 e. The van der Waals surface area contributed by atoms with E-state index in [-0.39, 0.29) is 24.0 Å². The highest BCUT2D eigenvalue weighted by Crippen LogP contribution is 2.19. The molecule has 0 bridgehead atoms. The Morgan fingerprint density at radius 3 is 2.82 bits per heavy atom. The summed E-state index contributed by atoms with van der Waals surface area (Å²) in [5.41, 5.74) is 2.43. The number of pyridine rings is 1. The summed E-state index contributed by atoms with van der Waals surface area (Å²) in [6, 6.07) is 10.2. The van der Waals surface area contributed by atoms with Gasteiger partial charge in [0.2, 0.25) is 5.88 Å². The zero-order valence-electron chi connectivity index (χ0n) is 14.9. The first-order chi connectivity index (χ1) is 13.3. The highest BCUT2D eigenvalue weighted by Gasteiger charge is 2.29. The van der Waals surface area contributed by atoms with Crippen molar-refractivity contribution in [3.63, 3.8) is 0 Å². The molecule has 3 rings (SSSR count). The van der Waals surface area contributed by atoms with Crippen molar-refractivity contribution in [3.8, 4) is 5.88 Å². The molecule has 3 N–H and O–H groups in total. The van der Waals surface area contributed by atoms with Crippen LogP contribution in [0.2, 0.25) is 0 Å². The molecule has 9 heteroatoms. The number of rotatable bonds is 6. The number of aliphatic hydroxyl groups excluding tert-OH is 1. The van der Waals surface area contributed by atoms with Gasteiger partial charge in [0.15, 0.2) is 6.61 Å². The van der Waals surface area contributed by atoms with Crippen molar-refractivity contribution < 1.29 is 27.8 Å². The smallest absolute Gasteiger partial charge is 0.422 e. The minimum absolute atomic E-state index is 0.000267. The average Bonchev–Trinajstić information content (AvgIpc) is 2.69. The molecule has 2 heterocycles. The van der Waals surface area contributed by atoms with E-state index in [1.807, 2.05) is 24.3 Å². The van der Waals surface area contributed by atoms with E-state index in [0.29, 0.717) is 13.0 Å². The second-order valence-corrected chi connectivity index (χ2v) is 6.52. The average molecular weight is 395 g/mol. The zero-order chi connectivity index (χ0) is 20.1. The Labute approximate surface area is 159 Å². The van der Waals surface area contributed by atoms with Gasteiger partial charge in [-0.15, -0.1) is 0 Å². The van der Waals surface area contributed by atoms with Gasteiger partial charge in [-0.2, -0.15) is 13.2 Å². The Hall–Kier alpha value is -2.65. The highest BCUT2D eigenvalue weighted by atomic mass is 19.4. The third kappa shape index (κ3) is 5.43. The van der Waals surface area contributed by atoms with Crippen LogP contribution in [0.1, 0.15) is 21.5 Å². The summed E-state index contributed by atoms with van der Waals surface area (Å²) < 4.78 is 41.2. The van der Waals surface area contributed by atoms with Gasteiger partial charge in [0.05, 0.1) is 6.10 Å². The number of aromatic nitrogens is 1. The number of aliphatic hydroxyl groups is 1. The number of hydrogen-bond donors (Lipinski definition) is 3. The molecule has 6 nitrogen and oxygen atoms in total. The molecule has 2 aromatic rings. The Kier molecular flexibility index (Phi) is 6.15. The van der Waals surface area contributed by atoms with Gasteiger partial charge in [0, 0.05) is 37.0 Å². The van der Waals surface area contributed by atoms with Crippen molar-refractivity contribution in [3.05, 3.63) is 59.3 Å². The Morgan fingerprint density at radius 1 is 1.32 bits per heavy atom. The summed E-state index contributed by atoms with van der Waals surface area (Å²) >= 11 is 0. The Bertz CT molecular complexity index is 829. The second-order valence-electron chi connectivity index (χ2n) is 6.52. The zero-order valence-corrected chi connectivity index (χ0v) is 14.9. The molecule has 28 heavy (non-hydrogen) atoms. The number of hydrogen-bond acceptors (Lipinski definition) is 5. The van der Waals surface area contributed by atoms with Gasteiger partial charge in [-0.1, -0.05) is 24.3 Å². The highest BCUT2D eigenvalue weighted by molar-refractivity contribution is 5.94. The van der Waals surface area contributed by atoms with Gasteiger partial charge in [0.1, 0.15) is 0 Å². The lowest BCUT2D eigenvalue weighted by atomic mass is 9.93. The normalized spacial score (nSPS) is 17.5. The summed E-state index contributed by atoms with van der Waals surface area (Å²) in [5, 5.41) is 16.2. The lowest BCUT2D eigenvalue weighted by Gasteiger charge is -2.30. The predicted molar refractivity (Wildman–Crippen MR) is 94.9 cm³/mol. The van der Waals surface area contributed by atoms with Crippen molar-refractivity contribution in [2.45, 2.75) is 31.3 Å². The van der Waals surface area contributed by atoms with Gasteiger partial charge in [-0.3, -0.25) is 4.79 Å². The van der Waals surface area contributed by atoms with Crippen LogP contribution in [0.5, 0.6) is 5.88 Å². The number of nitrogens with zero attached hydrogens (tertiary/aromatic N) is 1. The van der Waals surface area contributed by atoms with Gasteiger partial charge in [-0.25, -0.2) is 4.98 Å². The SMILES string of the molecule is O=C(NC[C@@H](O)[C@@H]1Cc2ccccc2CN1)c1ccnc(OCC(F)(F)F)c1. The molecule has 1 aliphatic rings. The first kappa shape index (κ1) is 20.1. The fourth-order valence-corrected chi connectivity index (χ4v) is 2.98. The first-order valence-electron chi connectivity index (χ1n) is 8.74. The van der Waals surface area contributed by atoms with Gasteiger partial charge >= 0.3 is 6.18 Å². The third-order valence-corrected chi connectivity index (χ3v) is 4.43. The van der Waals surface area contributed by atoms with Crippen molar-refractivity contribution in [1.82, 2.24) is 15.6 Å². The fraction of sp³-hybridized carbons (Fsp3) is 0.368. The molecule has 0 saturated heterocycles. The van der Waals surface area contributed by atoms with Crippen LogP contribution in [0.15, 0.2) is 42.6 Å². The molecular weight excluding hydrogens is 375 g/mol. The topological polar surface area (TPSA) is 83.5 Å². The standard InChI is InChI=1S/C19H20F3N3O3/c20-19(21,22)11-28-17-8-13(5-6-23-17)18(27)25-10-16(26)15-7-12-3-1-2-4-14(12)9-24-15/h1-6,8,15-16,24,26H,7,9-11H2,(H,25,27)/t15-,16+/m0/s1. The predicted octanol–water partition coefficient (Wildman–Crippen LogP) is 1.83. The minimum atomic E-state index is -4.49. The number of benzene rings is 1. The van der Waals surface area contributed by atoms with E-state index in [1.54, 1.807) is 0 Å². The number of carbonyl (C=O) groups excluding carboxylic acids is 1. The molecule has 0 unspecified atom stereocenters. The Balaban J connectivity index is 1.53. The summed E-state index contributed by atoms with van der Waals surface area (Å²) in [4.78, 5) is 15.9. The van der Waals surface area contributed by atoms with Crippen LogP contribution >= 0.6 is 0 Å². The summed E-state index contributed by atoms with van der Waals surface area (Å²) in [6.45, 7) is -0.853.